The number of phosphoric ester groups is 1. The van der Waals surface area contributed by atoms with Crippen LogP contribution in [-0.2, 0) is 32.7 Å². The minimum Gasteiger partial charge on any atom is -0.462 e. The fourth-order valence-electron chi connectivity index (χ4n) is 7.93. The van der Waals surface area contributed by atoms with E-state index >= 15 is 0 Å². The first-order valence-corrected chi connectivity index (χ1v) is 30.0. The molecule has 0 aromatic heterocycles. The molecule has 0 amide bonds. The number of allylic oxidation sites excluding steroid dienone is 10. The Bertz CT molecular complexity index is 1350. The largest absolute Gasteiger partial charge is 0.472 e. The summed E-state index contributed by atoms with van der Waals surface area (Å²) in [6, 6.07) is 0. The van der Waals surface area contributed by atoms with Crippen LogP contribution in [0.2, 0.25) is 0 Å². The summed E-state index contributed by atoms with van der Waals surface area (Å²) in [6.45, 7) is 4.32. The van der Waals surface area contributed by atoms with Crippen LogP contribution in [0.25, 0.3) is 0 Å². The Kier molecular flexibility index (Phi) is 49.0. The van der Waals surface area contributed by atoms with Gasteiger partial charge in [-0.2, -0.15) is 0 Å². The number of unbranched alkanes of at least 4 members (excludes halogenated alkanes) is 28. The highest BCUT2D eigenvalue weighted by Gasteiger charge is 2.27. The van der Waals surface area contributed by atoms with E-state index in [1.54, 1.807) is 0 Å². The number of hydrogen-bond acceptors (Lipinski definition) is 7. The molecule has 402 valence electrons. The van der Waals surface area contributed by atoms with Crippen molar-refractivity contribution in [1.29, 1.82) is 0 Å². The summed E-state index contributed by atoms with van der Waals surface area (Å²) in [5.41, 5.74) is 0. The maximum absolute atomic E-state index is 12.8. The summed E-state index contributed by atoms with van der Waals surface area (Å²) in [7, 11) is 1.46. The van der Waals surface area contributed by atoms with Crippen LogP contribution in [-0.4, -0.2) is 74.9 Å². The zero-order valence-corrected chi connectivity index (χ0v) is 46.4. The Morgan fingerprint density at radius 2 is 0.826 bits per heavy atom. The molecule has 0 fully saturated rings. The van der Waals surface area contributed by atoms with Gasteiger partial charge >= 0.3 is 19.8 Å². The van der Waals surface area contributed by atoms with Crippen molar-refractivity contribution < 1.29 is 42.1 Å². The number of rotatable bonds is 52. The fraction of sp³-hybridized carbons (Fsp3) is 0.797. The average Bonchev–Trinajstić information content (AvgIpc) is 3.31. The lowest BCUT2D eigenvalue weighted by Crippen LogP contribution is -2.37. The van der Waals surface area contributed by atoms with E-state index in [2.05, 4.69) is 74.6 Å². The monoisotopic (exact) mass is 991 g/mol. The van der Waals surface area contributed by atoms with Crippen LogP contribution in [0.1, 0.15) is 251 Å². The Balaban J connectivity index is 4.19. The summed E-state index contributed by atoms with van der Waals surface area (Å²) in [4.78, 5) is 35.7. The molecule has 10 heteroatoms. The molecule has 1 N–H and O–H groups in total. The van der Waals surface area contributed by atoms with E-state index in [1.807, 2.05) is 21.1 Å². The minimum absolute atomic E-state index is 0.0264. The van der Waals surface area contributed by atoms with Crippen molar-refractivity contribution in [3.63, 3.8) is 0 Å². The number of hydrogen-bond donors (Lipinski definition) is 1. The first-order chi connectivity index (χ1) is 33.5. The number of phosphoric acid groups is 1. The number of esters is 2. The van der Waals surface area contributed by atoms with Gasteiger partial charge in [0.2, 0.25) is 0 Å². The number of quaternary nitrogens is 1. The minimum atomic E-state index is -4.39. The zero-order valence-electron chi connectivity index (χ0n) is 45.5. The number of carbonyl (C=O) groups excluding carboxylic acids is 2. The Morgan fingerprint density at radius 1 is 0.464 bits per heavy atom. The highest BCUT2D eigenvalue weighted by atomic mass is 31.2. The van der Waals surface area contributed by atoms with E-state index in [1.165, 1.54) is 135 Å². The van der Waals surface area contributed by atoms with Gasteiger partial charge in [-0.05, 0) is 57.8 Å². The molecule has 0 bridgehead atoms. The number of ether oxygens (including phenoxy) is 2. The number of likely N-dealkylation sites (N-methyl/N-ethyl adjacent to an activating group) is 1. The Hall–Kier alpha value is -2.29. The van der Waals surface area contributed by atoms with Gasteiger partial charge in [-0.15, -0.1) is 0 Å². The van der Waals surface area contributed by atoms with Crippen LogP contribution in [0.3, 0.4) is 0 Å². The molecule has 69 heavy (non-hydrogen) atoms. The van der Waals surface area contributed by atoms with Gasteiger partial charge in [0.15, 0.2) is 6.10 Å². The lowest BCUT2D eigenvalue weighted by molar-refractivity contribution is -0.870. The molecule has 0 saturated heterocycles. The molecule has 0 aliphatic rings. The summed E-state index contributed by atoms with van der Waals surface area (Å²) in [5.74, 6) is -0.812. The van der Waals surface area contributed by atoms with Crippen LogP contribution < -0.4 is 0 Å². The van der Waals surface area contributed by atoms with Crippen LogP contribution in [0.4, 0.5) is 0 Å². The van der Waals surface area contributed by atoms with Gasteiger partial charge in [0, 0.05) is 12.8 Å². The number of carbonyl (C=O) groups is 2. The smallest absolute Gasteiger partial charge is 0.462 e. The van der Waals surface area contributed by atoms with Crippen molar-refractivity contribution in [1.82, 2.24) is 0 Å². The molecule has 0 rings (SSSR count). The second-order valence-electron chi connectivity index (χ2n) is 20.3. The van der Waals surface area contributed by atoms with Gasteiger partial charge in [-0.25, -0.2) is 4.57 Å². The molecule has 0 spiro atoms. The maximum Gasteiger partial charge on any atom is 0.472 e. The predicted octanol–water partition coefficient (Wildman–Crippen LogP) is 17.5. The van der Waals surface area contributed by atoms with Crippen molar-refractivity contribution in [3.8, 4) is 0 Å². The molecular formula is C59H109NO8P+. The van der Waals surface area contributed by atoms with Gasteiger partial charge in [-0.3, -0.25) is 18.6 Å². The third-order valence-electron chi connectivity index (χ3n) is 12.3. The zero-order chi connectivity index (χ0) is 50.6. The van der Waals surface area contributed by atoms with Gasteiger partial charge in [0.1, 0.15) is 19.8 Å². The molecule has 0 aliphatic heterocycles. The molecule has 2 unspecified atom stereocenters. The Morgan fingerprint density at radius 3 is 1.23 bits per heavy atom. The van der Waals surface area contributed by atoms with Crippen LogP contribution in [0.5, 0.6) is 0 Å². The van der Waals surface area contributed by atoms with Crippen molar-refractivity contribution in [2.24, 2.45) is 0 Å². The van der Waals surface area contributed by atoms with E-state index < -0.39 is 26.5 Å². The third kappa shape index (κ3) is 54.9. The van der Waals surface area contributed by atoms with Crippen LogP contribution >= 0.6 is 7.82 Å². The average molecular weight is 991 g/mol. The summed E-state index contributed by atoms with van der Waals surface area (Å²) in [5, 5.41) is 0. The van der Waals surface area contributed by atoms with Gasteiger partial charge in [0.05, 0.1) is 27.7 Å². The second kappa shape index (κ2) is 50.6. The van der Waals surface area contributed by atoms with E-state index in [0.717, 1.165) is 83.5 Å². The molecule has 0 aliphatic carbocycles. The third-order valence-corrected chi connectivity index (χ3v) is 13.3. The summed E-state index contributed by atoms with van der Waals surface area (Å²) in [6.07, 6.45) is 64.3. The SMILES string of the molecule is CC/C=C\C/C=C\C/C=C\C/C=C\C/C=C\CCCCCCCC(=O)OC(COC(=O)CCCCCCCCCCCCCCCCCCCCCCCCCC)COP(=O)(O)OCC[N+](C)(C)C. The van der Waals surface area contributed by atoms with Gasteiger partial charge in [0.25, 0.3) is 0 Å². The summed E-state index contributed by atoms with van der Waals surface area (Å²) >= 11 is 0. The quantitative estimate of drug-likeness (QED) is 0.0211. The first kappa shape index (κ1) is 66.7. The predicted molar refractivity (Wildman–Crippen MR) is 293 cm³/mol. The molecule has 0 aromatic carbocycles. The van der Waals surface area contributed by atoms with E-state index in [-0.39, 0.29) is 32.0 Å². The second-order valence-corrected chi connectivity index (χ2v) is 21.8. The number of nitrogens with zero attached hydrogens (tertiary/aromatic N) is 1. The van der Waals surface area contributed by atoms with E-state index in [4.69, 9.17) is 18.5 Å². The van der Waals surface area contributed by atoms with Crippen molar-refractivity contribution in [2.75, 3.05) is 47.5 Å². The van der Waals surface area contributed by atoms with Crippen molar-refractivity contribution in [2.45, 2.75) is 258 Å². The molecule has 0 aromatic rings. The Labute approximate surface area is 426 Å². The van der Waals surface area contributed by atoms with Crippen LogP contribution in [0.15, 0.2) is 60.8 Å². The maximum atomic E-state index is 12.8. The normalized spacial score (nSPS) is 13.8. The van der Waals surface area contributed by atoms with Gasteiger partial charge in [-0.1, -0.05) is 242 Å². The van der Waals surface area contributed by atoms with Crippen LogP contribution in [0, 0.1) is 0 Å². The van der Waals surface area contributed by atoms with E-state index in [9.17, 15) is 19.0 Å². The fourth-order valence-corrected chi connectivity index (χ4v) is 8.67. The highest BCUT2D eigenvalue weighted by Crippen LogP contribution is 2.43. The highest BCUT2D eigenvalue weighted by molar-refractivity contribution is 7.47. The van der Waals surface area contributed by atoms with Crippen molar-refractivity contribution in [3.05, 3.63) is 60.8 Å². The van der Waals surface area contributed by atoms with Gasteiger partial charge < -0.3 is 18.9 Å². The molecule has 0 heterocycles. The molecule has 0 radical (unpaired) electrons. The first-order valence-electron chi connectivity index (χ1n) is 28.5. The van der Waals surface area contributed by atoms with E-state index in [0.29, 0.717) is 17.4 Å². The topological polar surface area (TPSA) is 108 Å². The molecule has 2 atom stereocenters. The lowest BCUT2D eigenvalue weighted by atomic mass is 10.0. The summed E-state index contributed by atoms with van der Waals surface area (Å²) < 4.78 is 34.5. The lowest BCUT2D eigenvalue weighted by Gasteiger charge is -2.24. The van der Waals surface area contributed by atoms with Crippen molar-refractivity contribution >= 4 is 19.8 Å². The molecule has 0 saturated carbocycles. The standard InChI is InChI=1S/C59H108NO8P/c1-6-8-10-12-14-16-18-20-22-24-26-28-29-30-32-33-35-37-39-41-43-45-47-49-51-58(61)65-55-57(56-67-69(63,64)66-54-53-60(3,4)5)68-59(62)52-50-48-46-44-42-40-38-36-34-31-27-25-23-21-19-17-15-13-11-9-7-2/h9,11,15,17,21,23,27,31,36,38,57H,6-8,10,12-14,16,18-20,22,24-26,28-30,32-35,37,39-56H2,1-5H3/p+1/b11-9-,17-15-,23-21-,31-27-,38-36-. The molecule has 9 nitrogen and oxygen atoms in total. The molecular weight excluding hydrogens is 882 g/mol.